The Labute approximate surface area is 92.8 Å². The number of halogens is 1. The summed E-state index contributed by atoms with van der Waals surface area (Å²) < 4.78 is 9.67. The number of carbonyl (C=O) groups is 1. The summed E-state index contributed by atoms with van der Waals surface area (Å²) in [6.07, 6.45) is 0. The van der Waals surface area contributed by atoms with Gasteiger partial charge in [0.15, 0.2) is 0 Å². The normalized spacial score (nSPS) is 15.3. The van der Waals surface area contributed by atoms with E-state index in [0.717, 1.165) is 13.1 Å². The Balaban J connectivity index is 0.00000112. The quantitative estimate of drug-likeness (QED) is 0.760. The first-order valence-electron chi connectivity index (χ1n) is 4.52. The number of nitrogens with zero attached hydrogens (tertiary/aromatic N) is 2. The minimum atomic E-state index is -0.533. The van der Waals surface area contributed by atoms with Crippen molar-refractivity contribution in [2.45, 2.75) is 12.8 Å². The summed E-state index contributed by atoms with van der Waals surface area (Å²) >= 11 is 0. The van der Waals surface area contributed by atoms with Gasteiger partial charge in [0.05, 0.1) is 12.5 Å². The summed E-state index contributed by atoms with van der Waals surface area (Å²) in [5, 5.41) is 6.63. The third-order valence-corrected chi connectivity index (χ3v) is 2.03. The Kier molecular flexibility index (Phi) is 4.05. The number of hydrogen-bond donors (Lipinski definition) is 1. The molecular weight excluding hydrogens is 222 g/mol. The van der Waals surface area contributed by atoms with E-state index >= 15 is 0 Å². The van der Waals surface area contributed by atoms with Gasteiger partial charge < -0.3 is 14.6 Å². The van der Waals surface area contributed by atoms with Gasteiger partial charge in [-0.25, -0.2) is 4.79 Å². The van der Waals surface area contributed by atoms with Gasteiger partial charge in [-0.15, -0.1) is 12.4 Å². The molecule has 15 heavy (non-hydrogen) atoms. The molecular formula is C8H12ClN3O3. The average molecular weight is 234 g/mol. The van der Waals surface area contributed by atoms with Gasteiger partial charge in [-0.3, -0.25) is 0 Å². The molecule has 1 saturated heterocycles. The lowest BCUT2D eigenvalue weighted by Crippen LogP contribution is -2.40. The molecule has 1 fully saturated rings. The van der Waals surface area contributed by atoms with Gasteiger partial charge in [0, 0.05) is 13.1 Å². The first-order chi connectivity index (χ1) is 6.81. The molecule has 0 atom stereocenters. The molecule has 0 unspecified atom stereocenters. The molecule has 7 heteroatoms. The van der Waals surface area contributed by atoms with Crippen LogP contribution in [0.5, 0.6) is 0 Å². The number of aromatic nitrogens is 2. The van der Waals surface area contributed by atoms with Gasteiger partial charge in [0.2, 0.25) is 5.89 Å². The van der Waals surface area contributed by atoms with Gasteiger partial charge >= 0.3 is 5.97 Å². The molecule has 6 nitrogen and oxygen atoms in total. The lowest BCUT2D eigenvalue weighted by molar-refractivity contribution is 0.0508. The highest BCUT2D eigenvalue weighted by molar-refractivity contribution is 5.85. The van der Waals surface area contributed by atoms with E-state index in [1.54, 1.807) is 6.92 Å². The topological polar surface area (TPSA) is 77.2 Å². The van der Waals surface area contributed by atoms with Crippen LogP contribution in [0.4, 0.5) is 0 Å². The molecule has 1 aromatic rings. The Morgan fingerprint density at radius 1 is 1.67 bits per heavy atom. The monoisotopic (exact) mass is 233 g/mol. The number of nitrogens with one attached hydrogen (secondary N) is 1. The van der Waals surface area contributed by atoms with Crippen LogP contribution in [0.25, 0.3) is 0 Å². The maximum absolute atomic E-state index is 11.2. The van der Waals surface area contributed by atoms with E-state index in [2.05, 4.69) is 15.5 Å². The van der Waals surface area contributed by atoms with Gasteiger partial charge in [0.1, 0.15) is 0 Å². The zero-order chi connectivity index (χ0) is 9.97. The van der Waals surface area contributed by atoms with Crippen LogP contribution in [0.3, 0.4) is 0 Å². The molecule has 1 aliphatic heterocycles. The van der Waals surface area contributed by atoms with Crippen LogP contribution >= 0.6 is 12.4 Å². The molecule has 0 aromatic carbocycles. The highest BCUT2D eigenvalue weighted by Gasteiger charge is 2.26. The number of ether oxygens (including phenoxy) is 1. The van der Waals surface area contributed by atoms with E-state index in [-0.39, 0.29) is 24.1 Å². The summed E-state index contributed by atoms with van der Waals surface area (Å²) in [4.78, 5) is 15.1. The minimum Gasteiger partial charge on any atom is -0.460 e. The van der Waals surface area contributed by atoms with Gasteiger partial charge in [-0.1, -0.05) is 0 Å². The van der Waals surface area contributed by atoms with Crippen LogP contribution in [0.2, 0.25) is 0 Å². The fourth-order valence-electron chi connectivity index (χ4n) is 1.14. The van der Waals surface area contributed by atoms with Gasteiger partial charge in [0.25, 0.3) is 5.82 Å². The molecule has 0 aliphatic carbocycles. The number of hydrogen-bond acceptors (Lipinski definition) is 6. The summed E-state index contributed by atoms with van der Waals surface area (Å²) in [7, 11) is 0. The summed E-state index contributed by atoms with van der Waals surface area (Å²) in [5.41, 5.74) is 0. The second-order valence-electron chi connectivity index (χ2n) is 3.03. The third kappa shape index (κ3) is 2.45. The molecule has 0 spiro atoms. The second-order valence-corrected chi connectivity index (χ2v) is 3.03. The van der Waals surface area contributed by atoms with Crippen molar-refractivity contribution in [3.63, 3.8) is 0 Å². The van der Waals surface area contributed by atoms with Gasteiger partial charge in [-0.2, -0.15) is 4.98 Å². The Morgan fingerprint density at radius 3 is 2.93 bits per heavy atom. The van der Waals surface area contributed by atoms with Crippen LogP contribution in [0.15, 0.2) is 4.52 Å². The maximum atomic E-state index is 11.2. The molecule has 2 heterocycles. The first kappa shape index (κ1) is 11.9. The first-order valence-corrected chi connectivity index (χ1v) is 4.52. The molecule has 0 amide bonds. The fourth-order valence-corrected chi connectivity index (χ4v) is 1.14. The minimum absolute atomic E-state index is 0. The lowest BCUT2D eigenvalue weighted by atomic mass is 10.0. The predicted molar refractivity (Wildman–Crippen MR) is 53.1 cm³/mol. The van der Waals surface area contributed by atoms with Crippen LogP contribution in [0.1, 0.15) is 29.4 Å². The molecule has 0 radical (unpaired) electrons. The van der Waals surface area contributed by atoms with Crippen LogP contribution in [-0.4, -0.2) is 35.8 Å². The maximum Gasteiger partial charge on any atom is 0.379 e. The van der Waals surface area contributed by atoms with Gasteiger partial charge in [-0.05, 0) is 12.1 Å². The van der Waals surface area contributed by atoms with E-state index in [4.69, 9.17) is 9.26 Å². The molecule has 1 N–H and O–H groups in total. The Morgan fingerprint density at radius 2 is 2.40 bits per heavy atom. The van der Waals surface area contributed by atoms with E-state index in [1.165, 1.54) is 0 Å². The van der Waals surface area contributed by atoms with E-state index in [9.17, 15) is 4.79 Å². The standard InChI is InChI=1S/C8H11N3O3.ClH/c1-2-13-8(12)6-10-7(14-11-6)5-3-9-4-5;/h5,9H,2-4H2,1H3;1H. The highest BCUT2D eigenvalue weighted by Crippen LogP contribution is 2.17. The molecule has 0 saturated carbocycles. The van der Waals surface area contributed by atoms with Crippen LogP contribution in [-0.2, 0) is 4.74 Å². The number of rotatable bonds is 3. The average Bonchev–Trinajstić information content (AvgIpc) is 2.50. The molecule has 1 aromatic heterocycles. The second kappa shape index (κ2) is 5.09. The van der Waals surface area contributed by atoms with E-state index in [0.29, 0.717) is 12.5 Å². The molecule has 2 rings (SSSR count). The van der Waals surface area contributed by atoms with E-state index in [1.807, 2.05) is 0 Å². The molecule has 84 valence electrons. The third-order valence-electron chi connectivity index (χ3n) is 2.03. The number of esters is 1. The zero-order valence-corrected chi connectivity index (χ0v) is 9.04. The lowest BCUT2D eigenvalue weighted by Gasteiger charge is -2.22. The van der Waals surface area contributed by atoms with Crippen molar-refractivity contribution in [2.75, 3.05) is 19.7 Å². The van der Waals surface area contributed by atoms with E-state index < -0.39 is 5.97 Å². The van der Waals surface area contributed by atoms with Crippen molar-refractivity contribution >= 4 is 18.4 Å². The summed E-state index contributed by atoms with van der Waals surface area (Å²) in [6, 6.07) is 0. The van der Waals surface area contributed by atoms with Crippen molar-refractivity contribution < 1.29 is 14.1 Å². The SMILES string of the molecule is CCOC(=O)c1noc(C2CNC2)n1.Cl. The van der Waals surface area contributed by atoms with Crippen molar-refractivity contribution in [3.05, 3.63) is 11.7 Å². The smallest absolute Gasteiger partial charge is 0.379 e. The Bertz CT molecular complexity index is 338. The highest BCUT2D eigenvalue weighted by atomic mass is 35.5. The van der Waals surface area contributed by atoms with Crippen LogP contribution in [0, 0.1) is 0 Å². The molecule has 0 bridgehead atoms. The van der Waals surface area contributed by atoms with Crippen LogP contribution < -0.4 is 5.32 Å². The van der Waals surface area contributed by atoms with Crippen molar-refractivity contribution in [3.8, 4) is 0 Å². The van der Waals surface area contributed by atoms with Crippen molar-refractivity contribution in [2.24, 2.45) is 0 Å². The van der Waals surface area contributed by atoms with Crippen molar-refractivity contribution in [1.29, 1.82) is 0 Å². The molecule has 1 aliphatic rings. The Hall–Kier alpha value is -1.14. The largest absolute Gasteiger partial charge is 0.460 e. The summed E-state index contributed by atoms with van der Waals surface area (Å²) in [5.74, 6) is 0.223. The predicted octanol–water partition coefficient (Wildman–Crippen LogP) is 0.355. The number of carbonyl (C=O) groups excluding carboxylic acids is 1. The zero-order valence-electron chi connectivity index (χ0n) is 8.23. The van der Waals surface area contributed by atoms with Crippen molar-refractivity contribution in [1.82, 2.24) is 15.5 Å². The fraction of sp³-hybridized carbons (Fsp3) is 0.625. The summed E-state index contributed by atoms with van der Waals surface area (Å²) in [6.45, 7) is 3.69.